The smallest absolute Gasteiger partial charge is 0.335 e. The minimum absolute atomic E-state index is 0.00788. The lowest BCUT2D eigenvalue weighted by molar-refractivity contribution is -0.341. The number of methoxy groups -OCH3 is 2. The molecule has 3 saturated heterocycles. The number of aliphatic hydroxyl groups is 7. The van der Waals surface area contributed by atoms with E-state index in [-0.39, 0.29) is 31.7 Å². The van der Waals surface area contributed by atoms with E-state index in [2.05, 4.69) is 0 Å². The molecule has 24 heteroatoms. The van der Waals surface area contributed by atoms with Gasteiger partial charge in [0.25, 0.3) is 0 Å². The number of carboxylic acid groups (broad SMARTS) is 2. The number of aliphatic hydroxyl groups excluding tert-OH is 6. The average Bonchev–Trinajstić information content (AvgIpc) is 3.33. The van der Waals surface area contributed by atoms with E-state index in [0.717, 1.165) is 6.29 Å². The molecule has 0 spiro atoms. The van der Waals surface area contributed by atoms with Gasteiger partial charge >= 0.3 is 17.9 Å². The Balaban J connectivity index is 0.00000130. The highest BCUT2D eigenvalue weighted by molar-refractivity contribution is 5.91. The van der Waals surface area contributed by atoms with E-state index in [4.69, 9.17) is 63.1 Å². The summed E-state index contributed by atoms with van der Waals surface area (Å²) in [5.41, 5.74) is -0.806. The van der Waals surface area contributed by atoms with E-state index in [1.54, 1.807) is 59.7 Å². The first-order valence-electron chi connectivity index (χ1n) is 25.0. The Bertz CT molecular complexity index is 1850. The average molecular weight is 1070 g/mol. The molecule has 4 aliphatic heterocycles. The fraction of sp³-hybridized carbons (Fsp3) is 0.820. The van der Waals surface area contributed by atoms with E-state index in [1.165, 1.54) is 27.2 Å². The monoisotopic (exact) mass is 1070 g/mol. The van der Waals surface area contributed by atoms with Crippen molar-refractivity contribution in [1.82, 2.24) is 4.90 Å². The van der Waals surface area contributed by atoms with Gasteiger partial charge in [-0.25, -0.2) is 9.59 Å². The molecular weight excluding hydrogens is 983 g/mol. The molecule has 0 saturated carbocycles. The molecule has 0 aliphatic carbocycles. The molecule has 0 aromatic carbocycles. The van der Waals surface area contributed by atoms with Crippen molar-refractivity contribution in [2.24, 2.45) is 23.7 Å². The summed E-state index contributed by atoms with van der Waals surface area (Å²) >= 11 is 0. The molecule has 0 radical (unpaired) electrons. The third-order valence-corrected chi connectivity index (χ3v) is 14.2. The van der Waals surface area contributed by atoms with Gasteiger partial charge in [0.15, 0.2) is 36.9 Å². The van der Waals surface area contributed by atoms with Crippen LogP contribution in [0, 0.1) is 23.7 Å². The quantitative estimate of drug-likeness (QED) is 0.0708. The first-order valence-corrected chi connectivity index (χ1v) is 25.0. The summed E-state index contributed by atoms with van der Waals surface area (Å²) in [7, 11) is 6.43. The van der Waals surface area contributed by atoms with Crippen molar-refractivity contribution in [2.45, 2.75) is 203 Å². The number of carboxylic acids is 2. The van der Waals surface area contributed by atoms with Gasteiger partial charge in [0, 0.05) is 44.8 Å². The number of rotatable bonds is 16. The summed E-state index contributed by atoms with van der Waals surface area (Å²) in [6.07, 6.45) is -13.0. The van der Waals surface area contributed by atoms with E-state index in [0.29, 0.717) is 12.0 Å². The van der Waals surface area contributed by atoms with Gasteiger partial charge in [0.2, 0.25) is 0 Å². The van der Waals surface area contributed by atoms with E-state index in [1.807, 2.05) is 19.9 Å². The van der Waals surface area contributed by atoms with Gasteiger partial charge in [-0.2, -0.15) is 0 Å². The Morgan fingerprint density at radius 1 is 0.838 bits per heavy atom. The summed E-state index contributed by atoms with van der Waals surface area (Å²) in [5, 5.41) is 88.3. The Morgan fingerprint density at radius 2 is 1.43 bits per heavy atom. The van der Waals surface area contributed by atoms with Crippen LogP contribution in [-0.2, 0) is 66.6 Å². The second kappa shape index (κ2) is 29.4. The van der Waals surface area contributed by atoms with Crippen LogP contribution in [0.2, 0.25) is 0 Å². The minimum Gasteiger partial charge on any atom is -0.479 e. The SMILES string of the molecule is CC[C@@H]1OC(=O)C[C@H](O)[C@@H](C)[C@@H](O[C@@H]2O[C@H](C)[C@@H](O[C@H]3C[C@@](C)(O)[C@@H](O)[C@H](C)O3)[C@H](N(C)C)[C@H]2O)[C@@H](CC=O)C[C@@H](C)C(=O)C=CC(C)=C[C@@H]1CO[C@H]1O[C@@H](C)[C@H](O)[C@H](OC)[C@@H]1OC.O=C(O)[C@H](O)[C@@H](O)C(=O)O. The van der Waals surface area contributed by atoms with Crippen LogP contribution in [0.1, 0.15) is 87.5 Å². The number of ketones is 1. The molecule has 0 bridgehead atoms. The summed E-state index contributed by atoms with van der Waals surface area (Å²) in [5.74, 6) is -7.13. The zero-order valence-electron chi connectivity index (χ0n) is 44.4. The second-order valence-corrected chi connectivity index (χ2v) is 20.3. The lowest BCUT2D eigenvalue weighted by Crippen LogP contribution is -2.65. The normalized spacial score (nSPS) is 40.7. The van der Waals surface area contributed by atoms with Crippen LogP contribution >= 0.6 is 0 Å². The summed E-state index contributed by atoms with van der Waals surface area (Å²) in [6.45, 7) is 13.6. The summed E-state index contributed by atoms with van der Waals surface area (Å²) in [6, 6.07) is -0.748. The fourth-order valence-electron chi connectivity index (χ4n) is 9.78. The van der Waals surface area contributed by atoms with Crippen molar-refractivity contribution in [3.63, 3.8) is 0 Å². The first kappa shape index (κ1) is 64.9. The number of nitrogens with zero attached hydrogens (tertiary/aromatic N) is 1. The molecular formula is C50H83NO23. The summed E-state index contributed by atoms with van der Waals surface area (Å²) in [4.78, 5) is 61.1. The Kier molecular flexibility index (Phi) is 25.7. The number of hydrogen-bond acceptors (Lipinski definition) is 22. The Morgan fingerprint density at radius 3 is 1.96 bits per heavy atom. The van der Waals surface area contributed by atoms with Crippen LogP contribution in [0.4, 0.5) is 0 Å². The van der Waals surface area contributed by atoms with Crippen molar-refractivity contribution in [3.05, 3.63) is 23.8 Å². The zero-order valence-corrected chi connectivity index (χ0v) is 44.4. The third-order valence-electron chi connectivity index (χ3n) is 14.2. The number of carbonyl (C=O) groups is 5. The molecule has 0 aromatic rings. The number of esters is 1. The molecule has 24 nitrogen and oxygen atoms in total. The van der Waals surface area contributed by atoms with Gasteiger partial charge in [0.1, 0.15) is 49.0 Å². The maximum atomic E-state index is 13.8. The van der Waals surface area contributed by atoms with Crippen molar-refractivity contribution in [3.8, 4) is 0 Å². The molecule has 3 fully saturated rings. The van der Waals surface area contributed by atoms with Crippen molar-refractivity contribution in [1.29, 1.82) is 0 Å². The van der Waals surface area contributed by atoms with Crippen LogP contribution in [0.25, 0.3) is 0 Å². The number of cyclic esters (lactones) is 1. The second-order valence-electron chi connectivity index (χ2n) is 20.3. The molecule has 4 aliphatic rings. The maximum Gasteiger partial charge on any atom is 0.335 e. The fourth-order valence-corrected chi connectivity index (χ4v) is 9.78. The number of ether oxygens (including phenoxy) is 9. The van der Waals surface area contributed by atoms with Gasteiger partial charge in [-0.3, -0.25) is 9.59 Å². The highest BCUT2D eigenvalue weighted by atomic mass is 16.7. The third kappa shape index (κ3) is 17.3. The molecule has 0 unspecified atom stereocenters. The number of aliphatic carboxylic acids is 2. The van der Waals surface area contributed by atoms with E-state index in [9.17, 15) is 49.5 Å². The predicted molar refractivity (Wildman–Crippen MR) is 258 cm³/mol. The van der Waals surface area contributed by atoms with Crippen LogP contribution in [-0.4, -0.2) is 232 Å². The standard InChI is InChI=1S/C46H77NO17.C4H6O6/c1-13-33-30(22-58-45-42(57-12)41(56-11)37(52)26(5)60-45)18-23(2)14-15-31(49)24(3)19-29(16-17-48)39(25(4)32(50)20-34(51)62-33)64-44-38(53)36(47(9)10)40(27(6)61-44)63-35-21-46(8,55)43(54)28(7)59-35;5-1(3(7)8)2(6)4(9)10/h14-15,17-18,24-30,32-33,35-45,50,52-55H,13,16,19-22H2,1-12H3;1-2,5-6H,(H,7,8)(H,9,10)/t24-,25-,26+,27-,28+,29+,30-,32+,33+,35+,36-,37+,38-,39-,40-,41+,42+,43+,44+,45+,46-;1-,2-/m11/s1. The molecule has 0 aromatic heterocycles. The van der Waals surface area contributed by atoms with Crippen molar-refractivity contribution >= 4 is 30.0 Å². The maximum absolute atomic E-state index is 13.8. The van der Waals surface area contributed by atoms with E-state index < -0.39 is 164 Å². The van der Waals surface area contributed by atoms with E-state index >= 15 is 0 Å². The van der Waals surface area contributed by atoms with Gasteiger partial charge in [-0.15, -0.1) is 0 Å². The number of carbonyl (C=O) groups excluding carboxylic acids is 3. The highest BCUT2D eigenvalue weighted by Gasteiger charge is 2.52. The molecule has 4 heterocycles. The highest BCUT2D eigenvalue weighted by Crippen LogP contribution is 2.37. The number of allylic oxidation sites excluding steroid dienone is 3. The predicted octanol–water partition coefficient (Wildman–Crippen LogP) is -0.289. The minimum atomic E-state index is -2.27. The van der Waals surface area contributed by atoms with Crippen molar-refractivity contribution in [2.75, 3.05) is 34.9 Å². The van der Waals surface area contributed by atoms with Gasteiger partial charge < -0.3 is 98.3 Å². The van der Waals surface area contributed by atoms with Gasteiger partial charge in [-0.1, -0.05) is 38.5 Å². The van der Waals surface area contributed by atoms with Crippen molar-refractivity contribution < 1.29 is 113 Å². The number of likely N-dealkylation sites (N-methyl/N-ethyl adjacent to an activating group) is 1. The molecule has 0 amide bonds. The largest absolute Gasteiger partial charge is 0.479 e. The van der Waals surface area contributed by atoms with Gasteiger partial charge in [0.05, 0.1) is 55.2 Å². The van der Waals surface area contributed by atoms with Gasteiger partial charge in [-0.05, 0) is 73.5 Å². The van der Waals surface area contributed by atoms with Crippen LogP contribution < -0.4 is 0 Å². The summed E-state index contributed by atoms with van der Waals surface area (Å²) < 4.78 is 54.7. The zero-order chi connectivity index (χ0) is 56.1. The van der Waals surface area contributed by atoms with Crippen LogP contribution in [0.5, 0.6) is 0 Å². The Hall–Kier alpha value is -3.41. The lowest BCUT2D eigenvalue weighted by Gasteiger charge is -2.50. The Labute approximate surface area is 432 Å². The number of hydrogen-bond donors (Lipinski definition) is 9. The first-order chi connectivity index (χ1) is 34.5. The lowest BCUT2D eigenvalue weighted by atomic mass is 9.79. The topological polar surface area (TPSA) is 354 Å². The molecule has 74 heavy (non-hydrogen) atoms. The molecule has 23 atom stereocenters. The number of aldehydes is 1. The van der Waals surface area contributed by atoms with Crippen LogP contribution in [0.15, 0.2) is 23.8 Å². The molecule has 4 rings (SSSR count). The molecule has 426 valence electrons. The van der Waals surface area contributed by atoms with Crippen LogP contribution in [0.3, 0.4) is 0 Å². The molecule has 9 N–H and O–H groups in total.